The molecule has 1 heteroatoms. The van der Waals surface area contributed by atoms with E-state index in [1.54, 1.807) is 0 Å². The Morgan fingerprint density at radius 2 is 1.50 bits per heavy atom. The highest BCUT2D eigenvalue weighted by Gasteiger charge is 2.42. The third kappa shape index (κ3) is 4.35. The van der Waals surface area contributed by atoms with Crippen LogP contribution in [0.3, 0.4) is 0 Å². The zero-order chi connectivity index (χ0) is 29.3. The summed E-state index contributed by atoms with van der Waals surface area (Å²) in [6.45, 7) is 12.1. The van der Waals surface area contributed by atoms with Crippen molar-refractivity contribution in [3.8, 4) is 22.3 Å². The van der Waals surface area contributed by atoms with Crippen LogP contribution in [0.15, 0.2) is 153 Å². The molecule has 0 heterocycles. The van der Waals surface area contributed by atoms with Crippen LogP contribution in [0.5, 0.6) is 0 Å². The quantitative estimate of drug-likeness (QED) is 0.183. The maximum absolute atomic E-state index is 6.64. The van der Waals surface area contributed by atoms with Crippen molar-refractivity contribution in [1.82, 2.24) is 0 Å². The molecule has 6 rings (SSSR count). The van der Waals surface area contributed by atoms with E-state index < -0.39 is 0 Å². The van der Waals surface area contributed by atoms with E-state index in [2.05, 4.69) is 135 Å². The molecule has 0 saturated carbocycles. The molecule has 204 valence electrons. The molecule has 0 amide bonds. The predicted octanol–water partition coefficient (Wildman–Crippen LogP) is 10.8. The molecule has 0 atom stereocenters. The first-order valence-corrected chi connectivity index (χ1v) is 14.5. The lowest BCUT2D eigenvalue weighted by Gasteiger charge is -2.24. The SMILES string of the molecule is C=C/C=C\C(=C/C)c1cc(/C(C=C)=C/C=C\C)cc(-c2ccc3c(c2)C2(C=CC=C2)c2cc(N)c4ccccc4c2-3)c1. The van der Waals surface area contributed by atoms with Gasteiger partial charge in [0.2, 0.25) is 0 Å². The lowest BCUT2D eigenvalue weighted by Crippen LogP contribution is -2.17. The van der Waals surface area contributed by atoms with Crippen molar-refractivity contribution in [2.24, 2.45) is 0 Å². The highest BCUT2D eigenvalue weighted by molar-refractivity contribution is 6.08. The average molecular weight is 542 g/mol. The second-order valence-corrected chi connectivity index (χ2v) is 10.8. The zero-order valence-corrected chi connectivity index (χ0v) is 24.3. The van der Waals surface area contributed by atoms with E-state index in [0.29, 0.717) is 0 Å². The van der Waals surface area contributed by atoms with Gasteiger partial charge in [-0.05, 0) is 105 Å². The van der Waals surface area contributed by atoms with Crippen molar-refractivity contribution in [2.75, 3.05) is 5.73 Å². The Balaban J connectivity index is 1.60. The van der Waals surface area contributed by atoms with Crippen molar-refractivity contribution in [3.05, 3.63) is 175 Å². The fourth-order valence-electron chi connectivity index (χ4n) is 6.42. The van der Waals surface area contributed by atoms with E-state index in [1.165, 1.54) is 33.2 Å². The van der Waals surface area contributed by atoms with E-state index in [-0.39, 0.29) is 5.41 Å². The van der Waals surface area contributed by atoms with E-state index in [0.717, 1.165) is 38.9 Å². The molecule has 0 aliphatic heterocycles. The monoisotopic (exact) mass is 541 g/mol. The Labute approximate surface area is 249 Å². The topological polar surface area (TPSA) is 26.0 Å². The van der Waals surface area contributed by atoms with Gasteiger partial charge in [-0.15, -0.1) is 0 Å². The number of anilines is 1. The Hall–Kier alpha value is -5.14. The Morgan fingerprint density at radius 1 is 0.762 bits per heavy atom. The van der Waals surface area contributed by atoms with E-state index >= 15 is 0 Å². The fourth-order valence-corrected chi connectivity index (χ4v) is 6.42. The Morgan fingerprint density at radius 3 is 2.19 bits per heavy atom. The van der Waals surface area contributed by atoms with Gasteiger partial charge in [-0.2, -0.15) is 0 Å². The van der Waals surface area contributed by atoms with Crippen LogP contribution in [0.1, 0.15) is 36.1 Å². The first-order valence-electron chi connectivity index (χ1n) is 14.5. The molecule has 0 saturated heterocycles. The summed E-state index contributed by atoms with van der Waals surface area (Å²) in [6.07, 6.45) is 25.1. The molecular weight excluding hydrogens is 506 g/mol. The van der Waals surface area contributed by atoms with Crippen LogP contribution < -0.4 is 5.73 Å². The van der Waals surface area contributed by atoms with Gasteiger partial charge in [0.15, 0.2) is 0 Å². The van der Waals surface area contributed by atoms with Gasteiger partial charge in [0.05, 0.1) is 5.41 Å². The summed E-state index contributed by atoms with van der Waals surface area (Å²) in [4.78, 5) is 0. The number of hydrogen-bond acceptors (Lipinski definition) is 1. The fraction of sp³-hybridized carbons (Fsp3) is 0.0732. The molecule has 2 aliphatic carbocycles. The smallest absolute Gasteiger partial charge is 0.0582 e. The summed E-state index contributed by atoms with van der Waals surface area (Å²) in [7, 11) is 0. The second kappa shape index (κ2) is 11.0. The van der Waals surface area contributed by atoms with Gasteiger partial charge in [0.25, 0.3) is 0 Å². The van der Waals surface area contributed by atoms with Crippen LogP contribution in [0.4, 0.5) is 5.69 Å². The van der Waals surface area contributed by atoms with Gasteiger partial charge in [0.1, 0.15) is 0 Å². The first-order chi connectivity index (χ1) is 20.5. The van der Waals surface area contributed by atoms with Crippen LogP contribution in [-0.4, -0.2) is 0 Å². The second-order valence-electron chi connectivity index (χ2n) is 10.8. The zero-order valence-electron chi connectivity index (χ0n) is 24.3. The third-order valence-electron chi connectivity index (χ3n) is 8.43. The number of rotatable bonds is 7. The molecule has 0 bridgehead atoms. The first kappa shape index (κ1) is 27.1. The van der Waals surface area contributed by atoms with Gasteiger partial charge in [-0.3, -0.25) is 0 Å². The Bertz CT molecular complexity index is 1920. The molecule has 2 aliphatic rings. The molecule has 1 nitrogen and oxygen atoms in total. The molecule has 2 N–H and O–H groups in total. The third-order valence-corrected chi connectivity index (χ3v) is 8.43. The molecule has 4 aromatic rings. The molecule has 0 fully saturated rings. The van der Waals surface area contributed by atoms with Gasteiger partial charge in [-0.25, -0.2) is 0 Å². The maximum atomic E-state index is 6.64. The maximum Gasteiger partial charge on any atom is 0.0582 e. The van der Waals surface area contributed by atoms with Crippen LogP contribution >= 0.6 is 0 Å². The minimum Gasteiger partial charge on any atom is -0.398 e. The summed E-state index contributed by atoms with van der Waals surface area (Å²) < 4.78 is 0. The van der Waals surface area contributed by atoms with E-state index in [9.17, 15) is 0 Å². The minimum atomic E-state index is -0.335. The standard InChI is InChI=1S/C41H35N/c1-5-9-15-28(7-3)31-23-32(29(8-4)16-10-6-2)25-33(24-31)30-19-20-36-37(26-30)41(21-13-14-22-41)38-27-39(42)34-17-11-12-18-35(34)40(36)38/h5-27H,1,4,42H2,2-3H3/b10-6-,15-9-,28-7+,29-16+. The molecule has 0 aromatic heterocycles. The van der Waals surface area contributed by atoms with Gasteiger partial charge >= 0.3 is 0 Å². The average Bonchev–Trinajstić information content (AvgIpc) is 3.62. The summed E-state index contributed by atoms with van der Waals surface area (Å²) in [5.41, 5.74) is 19.0. The lowest BCUT2D eigenvalue weighted by molar-refractivity contribution is 0.860. The molecule has 42 heavy (non-hydrogen) atoms. The van der Waals surface area contributed by atoms with Crippen molar-refractivity contribution in [3.63, 3.8) is 0 Å². The highest BCUT2D eigenvalue weighted by atomic mass is 14.6. The van der Waals surface area contributed by atoms with Crippen LogP contribution in [0.2, 0.25) is 0 Å². The van der Waals surface area contributed by atoms with Crippen molar-refractivity contribution in [1.29, 1.82) is 0 Å². The van der Waals surface area contributed by atoms with Gasteiger partial charge in [0, 0.05) is 11.1 Å². The van der Waals surface area contributed by atoms with Gasteiger partial charge < -0.3 is 5.73 Å². The van der Waals surface area contributed by atoms with Crippen molar-refractivity contribution >= 4 is 27.6 Å². The summed E-state index contributed by atoms with van der Waals surface area (Å²) in [6, 6.07) is 24.4. The highest BCUT2D eigenvalue weighted by Crippen LogP contribution is 2.56. The summed E-state index contributed by atoms with van der Waals surface area (Å²) in [5, 5.41) is 2.30. The molecular formula is C41H35N. The van der Waals surface area contributed by atoms with E-state index in [1.807, 2.05) is 31.2 Å². The van der Waals surface area contributed by atoms with Crippen molar-refractivity contribution in [2.45, 2.75) is 19.3 Å². The van der Waals surface area contributed by atoms with Crippen molar-refractivity contribution < 1.29 is 0 Å². The number of nitrogen functional groups attached to an aromatic ring is 1. The predicted molar refractivity (Wildman–Crippen MR) is 184 cm³/mol. The van der Waals surface area contributed by atoms with Crippen LogP contribution in [0, 0.1) is 0 Å². The Kier molecular flexibility index (Phi) is 7.10. The van der Waals surface area contributed by atoms with Gasteiger partial charge in [-0.1, -0.05) is 122 Å². The van der Waals surface area contributed by atoms with Crippen LogP contribution in [0.25, 0.3) is 44.2 Å². The minimum absolute atomic E-state index is 0.335. The summed E-state index contributed by atoms with van der Waals surface area (Å²) >= 11 is 0. The number of allylic oxidation sites excluding steroid dienone is 14. The number of benzene rings is 4. The largest absolute Gasteiger partial charge is 0.398 e. The lowest BCUT2D eigenvalue weighted by atomic mass is 9.78. The summed E-state index contributed by atoms with van der Waals surface area (Å²) in [5.74, 6) is 0. The molecule has 0 unspecified atom stereocenters. The number of fused-ring (bicyclic) bond motifs is 7. The van der Waals surface area contributed by atoms with Crippen LogP contribution in [-0.2, 0) is 5.41 Å². The number of nitrogens with two attached hydrogens (primary N) is 1. The normalized spacial score (nSPS) is 15.3. The number of hydrogen-bond donors (Lipinski definition) is 1. The van der Waals surface area contributed by atoms with E-state index in [4.69, 9.17) is 5.73 Å². The molecule has 0 radical (unpaired) electrons. The molecule has 1 spiro atoms. The molecule has 4 aromatic carbocycles.